The number of carbonyl (C=O) groups is 3. The second-order valence-electron chi connectivity index (χ2n) is 6.34. The van der Waals surface area contributed by atoms with Crippen LogP contribution in [0.15, 0.2) is 0 Å². The molecule has 8 heteroatoms. The van der Waals surface area contributed by atoms with Crippen LogP contribution in [0.3, 0.4) is 0 Å². The molecule has 2 aliphatic rings. The number of hydrogen-bond donors (Lipinski definition) is 1. The summed E-state index contributed by atoms with van der Waals surface area (Å²) in [6.45, 7) is 3.14. The molecule has 0 aromatic heterocycles. The second kappa shape index (κ2) is 4.20. The first-order valence-corrected chi connectivity index (χ1v) is 6.50. The Kier molecular flexibility index (Phi) is 3.16. The van der Waals surface area contributed by atoms with Crippen LogP contribution in [0, 0.1) is 16.2 Å². The van der Waals surface area contributed by atoms with Crippen molar-refractivity contribution in [1.82, 2.24) is 5.32 Å². The number of ether oxygens (including phenoxy) is 1. The van der Waals surface area contributed by atoms with E-state index in [4.69, 9.17) is 0 Å². The summed E-state index contributed by atoms with van der Waals surface area (Å²) in [4.78, 5) is 36.3. The molecule has 21 heavy (non-hydrogen) atoms. The van der Waals surface area contributed by atoms with E-state index >= 15 is 0 Å². The number of halogens is 3. The minimum Gasteiger partial charge on any atom is -0.392 e. The number of fused-ring (bicyclic) bond motifs is 2. The molecule has 2 fully saturated rings. The van der Waals surface area contributed by atoms with Crippen molar-refractivity contribution < 1.29 is 32.3 Å². The predicted molar refractivity (Wildman–Crippen MR) is 63.7 cm³/mol. The maximum absolute atomic E-state index is 12.3. The van der Waals surface area contributed by atoms with Gasteiger partial charge in [-0.3, -0.25) is 14.4 Å². The Morgan fingerprint density at radius 1 is 1.19 bits per heavy atom. The van der Waals surface area contributed by atoms with Crippen molar-refractivity contribution in [2.75, 3.05) is 6.54 Å². The molecule has 0 unspecified atom stereocenters. The van der Waals surface area contributed by atoms with Gasteiger partial charge in [-0.2, -0.15) is 13.2 Å². The average Bonchev–Trinajstić information content (AvgIpc) is 2.48. The lowest BCUT2D eigenvalue weighted by Gasteiger charge is -2.48. The molecule has 118 valence electrons. The zero-order chi connectivity index (χ0) is 16.3. The van der Waals surface area contributed by atoms with Crippen LogP contribution in [0.2, 0.25) is 0 Å². The molecule has 5 nitrogen and oxygen atoms in total. The van der Waals surface area contributed by atoms with E-state index in [1.807, 2.05) is 0 Å². The third-order valence-electron chi connectivity index (χ3n) is 5.27. The molecule has 2 rings (SSSR count). The Labute approximate surface area is 119 Å². The van der Waals surface area contributed by atoms with Gasteiger partial charge in [0.05, 0.1) is 5.41 Å². The van der Waals surface area contributed by atoms with Crippen molar-refractivity contribution in [3.8, 4) is 0 Å². The van der Waals surface area contributed by atoms with Crippen LogP contribution in [-0.4, -0.2) is 30.6 Å². The molecule has 1 aliphatic heterocycles. The van der Waals surface area contributed by atoms with E-state index in [2.05, 4.69) is 4.74 Å². The highest BCUT2D eigenvalue weighted by atomic mass is 19.4. The van der Waals surface area contributed by atoms with Gasteiger partial charge in [0.15, 0.2) is 5.41 Å². The number of esters is 2. The van der Waals surface area contributed by atoms with Gasteiger partial charge in [0.2, 0.25) is 5.91 Å². The fourth-order valence-corrected chi connectivity index (χ4v) is 3.35. The van der Waals surface area contributed by atoms with E-state index in [0.717, 1.165) is 0 Å². The number of rotatable bonds is 2. The van der Waals surface area contributed by atoms with Crippen LogP contribution in [0.25, 0.3) is 0 Å². The van der Waals surface area contributed by atoms with Crippen LogP contribution in [0.4, 0.5) is 13.2 Å². The maximum atomic E-state index is 12.3. The summed E-state index contributed by atoms with van der Waals surface area (Å²) in [5, 5.41) is 1.75. The fraction of sp³-hybridized carbons (Fsp3) is 0.769. The zero-order valence-electron chi connectivity index (χ0n) is 11.9. The average molecular weight is 307 g/mol. The SMILES string of the molecule is CC1(C)[C@]2(C(=O)NCC(F)(F)F)CC[C@]1(C)C(=O)OC2=O. The topological polar surface area (TPSA) is 72.5 Å². The van der Waals surface area contributed by atoms with Crippen molar-refractivity contribution in [1.29, 1.82) is 0 Å². The molecule has 2 bridgehead atoms. The van der Waals surface area contributed by atoms with Crippen molar-refractivity contribution in [2.24, 2.45) is 16.2 Å². The number of alkyl halides is 3. The first kappa shape index (κ1) is 15.8. The smallest absolute Gasteiger partial charge is 0.392 e. The number of nitrogens with one attached hydrogen (secondary N) is 1. The number of carbonyl (C=O) groups excluding carboxylic acids is 3. The van der Waals surface area contributed by atoms with E-state index in [1.165, 1.54) is 0 Å². The van der Waals surface area contributed by atoms with E-state index in [0.29, 0.717) is 0 Å². The van der Waals surface area contributed by atoms with Gasteiger partial charge >= 0.3 is 18.1 Å². The summed E-state index contributed by atoms with van der Waals surface area (Å²) in [5.74, 6) is -2.83. The predicted octanol–water partition coefficient (Wildman–Crippen LogP) is 1.56. The Hall–Kier alpha value is -1.60. The standard InChI is InChI=1S/C13H16F3NO4/c1-10(2)11(3)4-5-12(10,9(20)21-8(11)19)7(18)17-6-13(14,15)16/h4-6H2,1-3H3,(H,17,18)/t11-,12+/m1/s1. The van der Waals surface area contributed by atoms with E-state index in [1.54, 1.807) is 26.1 Å². The molecule has 1 saturated carbocycles. The Bertz CT molecular complexity index is 528. The minimum atomic E-state index is -4.58. The highest BCUT2D eigenvalue weighted by Gasteiger charge is 2.75. The Balaban J connectivity index is 2.38. The molecule has 2 atom stereocenters. The van der Waals surface area contributed by atoms with Crippen LogP contribution < -0.4 is 5.32 Å². The maximum Gasteiger partial charge on any atom is 0.405 e. The monoisotopic (exact) mass is 307 g/mol. The molecule has 0 aromatic carbocycles. The highest BCUT2D eigenvalue weighted by Crippen LogP contribution is 2.66. The van der Waals surface area contributed by atoms with E-state index < -0.39 is 46.8 Å². The van der Waals surface area contributed by atoms with E-state index in [9.17, 15) is 27.6 Å². The third-order valence-corrected chi connectivity index (χ3v) is 5.27. The molecule has 1 heterocycles. The van der Waals surface area contributed by atoms with Gasteiger partial charge in [0, 0.05) is 5.41 Å². The van der Waals surface area contributed by atoms with Gasteiger partial charge in [-0.05, 0) is 19.8 Å². The fourth-order valence-electron chi connectivity index (χ4n) is 3.35. The summed E-state index contributed by atoms with van der Waals surface area (Å²) in [7, 11) is 0. The second-order valence-corrected chi connectivity index (χ2v) is 6.34. The quantitative estimate of drug-likeness (QED) is 0.621. The number of amides is 1. The number of cyclic esters (lactones) is 2. The van der Waals surface area contributed by atoms with Gasteiger partial charge in [0.1, 0.15) is 6.54 Å². The Morgan fingerprint density at radius 2 is 1.76 bits per heavy atom. The summed E-state index contributed by atoms with van der Waals surface area (Å²) in [5.41, 5.74) is -3.96. The van der Waals surface area contributed by atoms with Crippen molar-refractivity contribution >= 4 is 17.8 Å². The minimum absolute atomic E-state index is 0.00916. The van der Waals surface area contributed by atoms with Gasteiger partial charge in [-0.15, -0.1) is 0 Å². The van der Waals surface area contributed by atoms with Gasteiger partial charge in [-0.1, -0.05) is 13.8 Å². The molecule has 0 radical (unpaired) electrons. The molecule has 0 aromatic rings. The van der Waals surface area contributed by atoms with Gasteiger partial charge in [0.25, 0.3) is 0 Å². The highest BCUT2D eigenvalue weighted by molar-refractivity contribution is 6.11. The molecule has 1 amide bonds. The molecule has 1 aliphatic carbocycles. The molecule has 0 spiro atoms. The lowest BCUT2D eigenvalue weighted by atomic mass is 9.57. The van der Waals surface area contributed by atoms with Crippen molar-refractivity contribution in [3.63, 3.8) is 0 Å². The first-order chi connectivity index (χ1) is 9.38. The first-order valence-electron chi connectivity index (χ1n) is 6.50. The van der Waals surface area contributed by atoms with Gasteiger partial charge in [-0.25, -0.2) is 0 Å². The number of hydrogen-bond acceptors (Lipinski definition) is 4. The molecule has 1 saturated heterocycles. The molecule has 1 N–H and O–H groups in total. The summed E-state index contributed by atoms with van der Waals surface area (Å²) >= 11 is 0. The Morgan fingerprint density at radius 3 is 2.29 bits per heavy atom. The summed E-state index contributed by atoms with van der Waals surface area (Å²) in [6, 6.07) is 0. The molecular formula is C13H16F3NO4. The van der Waals surface area contributed by atoms with Crippen molar-refractivity contribution in [2.45, 2.75) is 39.8 Å². The van der Waals surface area contributed by atoms with E-state index in [-0.39, 0.29) is 12.8 Å². The third kappa shape index (κ3) is 1.87. The normalized spacial score (nSPS) is 34.6. The van der Waals surface area contributed by atoms with Gasteiger partial charge < -0.3 is 10.1 Å². The summed E-state index contributed by atoms with van der Waals surface area (Å²) in [6.07, 6.45) is -4.37. The zero-order valence-corrected chi connectivity index (χ0v) is 11.9. The van der Waals surface area contributed by atoms with Crippen LogP contribution in [-0.2, 0) is 19.1 Å². The van der Waals surface area contributed by atoms with Crippen LogP contribution >= 0.6 is 0 Å². The summed E-state index contributed by atoms with van der Waals surface area (Å²) < 4.78 is 41.4. The van der Waals surface area contributed by atoms with Crippen molar-refractivity contribution in [3.05, 3.63) is 0 Å². The largest absolute Gasteiger partial charge is 0.405 e. The van der Waals surface area contributed by atoms with Crippen LogP contribution in [0.5, 0.6) is 0 Å². The molecular weight excluding hydrogens is 291 g/mol. The lowest BCUT2D eigenvalue weighted by Crippen LogP contribution is -2.62. The van der Waals surface area contributed by atoms with Crippen LogP contribution in [0.1, 0.15) is 33.6 Å². The lowest BCUT2D eigenvalue weighted by molar-refractivity contribution is -0.197.